The zero-order chi connectivity index (χ0) is 17.2. The molecule has 4 rings (SSSR count). The molecule has 4 aromatic rings. The van der Waals surface area contributed by atoms with Gasteiger partial charge in [-0.1, -0.05) is 29.5 Å². The summed E-state index contributed by atoms with van der Waals surface area (Å²) in [6.45, 7) is 0.690. The second kappa shape index (κ2) is 6.52. The molecule has 0 atom stereocenters. The number of imidazole rings is 1. The number of pyridine rings is 1. The van der Waals surface area contributed by atoms with Crippen LogP contribution in [0.25, 0.3) is 16.2 Å². The van der Waals surface area contributed by atoms with Gasteiger partial charge in [-0.05, 0) is 23.8 Å². The Morgan fingerprint density at radius 1 is 1.16 bits per heavy atom. The minimum Gasteiger partial charge on any atom is -0.378 e. The Morgan fingerprint density at radius 2 is 2.08 bits per heavy atom. The second-order valence-corrected chi connectivity index (χ2v) is 6.86. The van der Waals surface area contributed by atoms with Gasteiger partial charge in [-0.25, -0.2) is 9.50 Å². The standard InChI is InChI=1S/C18H18N6S/c1-23(2)15-7-3-6-14(9-15)16-12-21-18-24(16)22-17(25-18)20-11-13-5-4-8-19-10-13/h3-10,12H,11H2,1-2H3,(H,20,22). The fourth-order valence-corrected chi connectivity index (χ4v) is 3.36. The minimum atomic E-state index is 0.690. The molecular weight excluding hydrogens is 332 g/mol. The highest BCUT2D eigenvalue weighted by Gasteiger charge is 2.12. The Kier molecular flexibility index (Phi) is 4.07. The van der Waals surface area contributed by atoms with Crippen molar-refractivity contribution in [3.63, 3.8) is 0 Å². The SMILES string of the molecule is CN(C)c1cccc(-c2cnc3sc(NCc4cccnc4)nn23)c1. The van der Waals surface area contributed by atoms with Crippen molar-refractivity contribution in [2.45, 2.75) is 6.54 Å². The molecule has 0 spiro atoms. The van der Waals surface area contributed by atoms with Gasteiger partial charge in [-0.3, -0.25) is 4.98 Å². The topological polar surface area (TPSA) is 58.4 Å². The summed E-state index contributed by atoms with van der Waals surface area (Å²) >= 11 is 1.54. The van der Waals surface area contributed by atoms with Crippen LogP contribution in [0.1, 0.15) is 5.56 Å². The van der Waals surface area contributed by atoms with Gasteiger partial charge in [-0.15, -0.1) is 5.10 Å². The zero-order valence-electron chi connectivity index (χ0n) is 14.0. The maximum atomic E-state index is 4.67. The lowest BCUT2D eigenvalue weighted by Gasteiger charge is -2.13. The Hall–Kier alpha value is -2.93. The van der Waals surface area contributed by atoms with Crippen LogP contribution in [0.5, 0.6) is 0 Å². The van der Waals surface area contributed by atoms with Gasteiger partial charge in [0.1, 0.15) is 0 Å². The zero-order valence-corrected chi connectivity index (χ0v) is 14.9. The summed E-state index contributed by atoms with van der Waals surface area (Å²) in [5.74, 6) is 0. The number of nitrogens with zero attached hydrogens (tertiary/aromatic N) is 5. The first-order valence-electron chi connectivity index (χ1n) is 7.96. The largest absolute Gasteiger partial charge is 0.378 e. The molecule has 7 heteroatoms. The van der Waals surface area contributed by atoms with E-state index >= 15 is 0 Å². The van der Waals surface area contributed by atoms with Gasteiger partial charge in [-0.2, -0.15) is 0 Å². The third-order valence-electron chi connectivity index (χ3n) is 3.91. The predicted octanol–water partition coefficient (Wildman–Crippen LogP) is 3.53. The summed E-state index contributed by atoms with van der Waals surface area (Å²) in [5, 5.41) is 8.85. The molecule has 6 nitrogen and oxygen atoms in total. The van der Waals surface area contributed by atoms with E-state index in [1.807, 2.05) is 43.1 Å². The van der Waals surface area contributed by atoms with Crippen LogP contribution in [0, 0.1) is 0 Å². The van der Waals surface area contributed by atoms with Gasteiger partial charge in [0.05, 0.1) is 11.9 Å². The molecule has 1 aromatic carbocycles. The first kappa shape index (κ1) is 15.6. The van der Waals surface area contributed by atoms with E-state index in [0.29, 0.717) is 6.54 Å². The highest BCUT2D eigenvalue weighted by atomic mass is 32.1. The molecule has 0 radical (unpaired) electrons. The van der Waals surface area contributed by atoms with Crippen LogP contribution in [0.3, 0.4) is 0 Å². The summed E-state index contributed by atoms with van der Waals surface area (Å²) in [6.07, 6.45) is 5.50. The van der Waals surface area contributed by atoms with E-state index in [9.17, 15) is 0 Å². The molecule has 0 amide bonds. The number of hydrogen-bond acceptors (Lipinski definition) is 6. The van der Waals surface area contributed by atoms with Crippen molar-refractivity contribution in [3.8, 4) is 11.3 Å². The maximum absolute atomic E-state index is 4.67. The van der Waals surface area contributed by atoms with Crippen molar-refractivity contribution in [1.29, 1.82) is 0 Å². The van der Waals surface area contributed by atoms with Crippen LogP contribution >= 0.6 is 11.3 Å². The molecule has 3 heterocycles. The van der Waals surface area contributed by atoms with E-state index < -0.39 is 0 Å². The van der Waals surface area contributed by atoms with Crippen molar-refractivity contribution in [2.24, 2.45) is 0 Å². The first-order valence-corrected chi connectivity index (χ1v) is 8.77. The van der Waals surface area contributed by atoms with E-state index in [0.717, 1.165) is 32.6 Å². The van der Waals surface area contributed by atoms with Crippen LogP contribution in [-0.4, -0.2) is 33.7 Å². The summed E-state index contributed by atoms with van der Waals surface area (Å²) in [6, 6.07) is 12.3. The van der Waals surface area contributed by atoms with E-state index in [-0.39, 0.29) is 0 Å². The number of fused-ring (bicyclic) bond motifs is 1. The average molecular weight is 350 g/mol. The van der Waals surface area contributed by atoms with Crippen molar-refractivity contribution >= 4 is 27.1 Å². The van der Waals surface area contributed by atoms with Crippen LogP contribution < -0.4 is 10.2 Å². The van der Waals surface area contributed by atoms with Crippen LogP contribution in [0.2, 0.25) is 0 Å². The van der Waals surface area contributed by atoms with Gasteiger partial charge >= 0.3 is 0 Å². The molecule has 0 bridgehead atoms. The first-order chi connectivity index (χ1) is 12.2. The fraction of sp³-hybridized carbons (Fsp3) is 0.167. The fourth-order valence-electron chi connectivity index (χ4n) is 2.58. The van der Waals surface area contributed by atoms with E-state index in [1.54, 1.807) is 17.5 Å². The molecule has 0 aliphatic carbocycles. The van der Waals surface area contributed by atoms with Crippen LogP contribution in [0.15, 0.2) is 55.0 Å². The molecular formula is C18H18N6S. The van der Waals surface area contributed by atoms with Gasteiger partial charge in [0, 0.05) is 44.3 Å². The summed E-state index contributed by atoms with van der Waals surface area (Å²) < 4.78 is 1.89. The monoisotopic (exact) mass is 350 g/mol. The third kappa shape index (κ3) is 3.18. The average Bonchev–Trinajstić information content (AvgIpc) is 3.21. The van der Waals surface area contributed by atoms with Gasteiger partial charge < -0.3 is 10.2 Å². The van der Waals surface area contributed by atoms with Crippen molar-refractivity contribution in [1.82, 2.24) is 19.6 Å². The number of anilines is 2. The van der Waals surface area contributed by atoms with E-state index in [4.69, 9.17) is 0 Å². The van der Waals surface area contributed by atoms with Crippen LogP contribution in [-0.2, 0) is 6.54 Å². The summed E-state index contributed by atoms with van der Waals surface area (Å²) in [4.78, 5) is 11.6. The van der Waals surface area contributed by atoms with E-state index in [1.165, 1.54) is 0 Å². The lowest BCUT2D eigenvalue weighted by Crippen LogP contribution is -2.08. The quantitative estimate of drug-likeness (QED) is 0.597. The lowest BCUT2D eigenvalue weighted by atomic mass is 10.1. The maximum Gasteiger partial charge on any atom is 0.214 e. The highest BCUT2D eigenvalue weighted by molar-refractivity contribution is 7.20. The number of rotatable bonds is 5. The number of nitrogens with one attached hydrogen (secondary N) is 1. The van der Waals surface area contributed by atoms with Gasteiger partial charge in [0.25, 0.3) is 0 Å². The lowest BCUT2D eigenvalue weighted by molar-refractivity contribution is 0.966. The van der Waals surface area contributed by atoms with Crippen molar-refractivity contribution in [3.05, 3.63) is 60.6 Å². The predicted molar refractivity (Wildman–Crippen MR) is 102 cm³/mol. The minimum absolute atomic E-state index is 0.690. The normalized spacial score (nSPS) is 11.0. The second-order valence-electron chi connectivity index (χ2n) is 5.90. The van der Waals surface area contributed by atoms with Crippen molar-refractivity contribution in [2.75, 3.05) is 24.3 Å². The molecule has 25 heavy (non-hydrogen) atoms. The van der Waals surface area contributed by atoms with Gasteiger partial charge in [0.15, 0.2) is 0 Å². The molecule has 0 aliphatic rings. The van der Waals surface area contributed by atoms with Crippen LogP contribution in [0.4, 0.5) is 10.8 Å². The molecule has 3 aromatic heterocycles. The van der Waals surface area contributed by atoms with E-state index in [2.05, 4.69) is 49.5 Å². The summed E-state index contributed by atoms with van der Waals surface area (Å²) in [7, 11) is 4.07. The number of hydrogen-bond donors (Lipinski definition) is 1. The molecule has 0 unspecified atom stereocenters. The smallest absolute Gasteiger partial charge is 0.214 e. The molecule has 0 saturated heterocycles. The Morgan fingerprint density at radius 3 is 2.88 bits per heavy atom. The molecule has 0 fully saturated rings. The molecule has 0 saturated carbocycles. The Bertz CT molecular complexity index is 989. The Labute approximate surface area is 149 Å². The highest BCUT2D eigenvalue weighted by Crippen LogP contribution is 2.28. The summed E-state index contributed by atoms with van der Waals surface area (Å²) in [5.41, 5.74) is 4.36. The Balaban J connectivity index is 1.61. The molecule has 126 valence electrons. The number of aromatic nitrogens is 4. The molecule has 0 aliphatic heterocycles. The molecule has 1 N–H and O–H groups in total. The van der Waals surface area contributed by atoms with Gasteiger partial charge in [0.2, 0.25) is 10.1 Å². The number of benzene rings is 1. The third-order valence-corrected chi connectivity index (χ3v) is 4.79. The van der Waals surface area contributed by atoms with Crippen molar-refractivity contribution < 1.29 is 0 Å².